The van der Waals surface area contributed by atoms with Gasteiger partial charge in [-0.1, -0.05) is 32.4 Å². The van der Waals surface area contributed by atoms with Crippen LogP contribution in [0.15, 0.2) is 12.1 Å². The lowest BCUT2D eigenvalue weighted by molar-refractivity contribution is -0.136. The molecule has 0 fully saturated rings. The molecule has 0 unspecified atom stereocenters. The standard InChI is InChI=1S/C12H14ClN3O2/c1-12(2,3)8-6-10-14-7(5-11(17)18)4-9(13)16(10)15-8/h4,6H,5H2,1-3H3,(H,17,18). The number of hydrogen-bond donors (Lipinski definition) is 1. The summed E-state index contributed by atoms with van der Waals surface area (Å²) in [7, 11) is 0. The van der Waals surface area contributed by atoms with E-state index in [0.717, 1.165) is 5.69 Å². The van der Waals surface area contributed by atoms with Gasteiger partial charge < -0.3 is 5.11 Å². The summed E-state index contributed by atoms with van der Waals surface area (Å²) in [5.74, 6) is -0.932. The predicted octanol–water partition coefficient (Wildman–Crippen LogP) is 2.31. The normalized spacial score (nSPS) is 12.0. The fourth-order valence-electron chi connectivity index (χ4n) is 1.60. The molecular weight excluding hydrogens is 254 g/mol. The van der Waals surface area contributed by atoms with Crippen LogP contribution in [0, 0.1) is 0 Å². The molecule has 0 saturated carbocycles. The minimum Gasteiger partial charge on any atom is -0.481 e. The minimum atomic E-state index is -0.932. The van der Waals surface area contributed by atoms with Crippen LogP contribution in [-0.4, -0.2) is 25.7 Å². The van der Waals surface area contributed by atoms with Gasteiger partial charge in [-0.2, -0.15) is 5.10 Å². The summed E-state index contributed by atoms with van der Waals surface area (Å²) >= 11 is 6.08. The van der Waals surface area contributed by atoms with Gasteiger partial charge in [0.2, 0.25) is 0 Å². The van der Waals surface area contributed by atoms with E-state index in [2.05, 4.69) is 10.1 Å². The van der Waals surface area contributed by atoms with E-state index in [0.29, 0.717) is 16.5 Å². The van der Waals surface area contributed by atoms with Gasteiger partial charge in [0.15, 0.2) is 5.65 Å². The van der Waals surface area contributed by atoms with E-state index >= 15 is 0 Å². The molecule has 2 heterocycles. The maximum atomic E-state index is 10.7. The molecule has 0 aliphatic carbocycles. The van der Waals surface area contributed by atoms with E-state index in [9.17, 15) is 4.79 Å². The van der Waals surface area contributed by atoms with Crippen LogP contribution in [0.4, 0.5) is 0 Å². The summed E-state index contributed by atoms with van der Waals surface area (Å²) < 4.78 is 1.52. The van der Waals surface area contributed by atoms with Crippen molar-refractivity contribution in [3.8, 4) is 0 Å². The Morgan fingerprint density at radius 3 is 2.67 bits per heavy atom. The number of carboxylic acid groups (broad SMARTS) is 1. The van der Waals surface area contributed by atoms with Crippen LogP contribution < -0.4 is 0 Å². The number of carbonyl (C=O) groups is 1. The van der Waals surface area contributed by atoms with E-state index in [1.807, 2.05) is 26.8 Å². The highest BCUT2D eigenvalue weighted by Crippen LogP contribution is 2.23. The number of rotatable bonds is 2. The van der Waals surface area contributed by atoms with Crippen LogP contribution in [0.3, 0.4) is 0 Å². The molecule has 0 radical (unpaired) electrons. The van der Waals surface area contributed by atoms with Crippen molar-refractivity contribution in [1.29, 1.82) is 0 Å². The Labute approximate surface area is 109 Å². The Balaban J connectivity index is 2.55. The van der Waals surface area contributed by atoms with Crippen molar-refractivity contribution in [2.45, 2.75) is 32.6 Å². The smallest absolute Gasteiger partial charge is 0.309 e. The summed E-state index contributed by atoms with van der Waals surface area (Å²) in [5.41, 5.74) is 1.76. The average Bonchev–Trinajstić information content (AvgIpc) is 2.59. The van der Waals surface area contributed by atoms with E-state index in [1.54, 1.807) is 0 Å². The molecule has 0 aromatic carbocycles. The van der Waals surface area contributed by atoms with Crippen molar-refractivity contribution in [1.82, 2.24) is 14.6 Å². The number of halogens is 1. The summed E-state index contributed by atoms with van der Waals surface area (Å²) in [5, 5.41) is 13.5. The molecule has 5 nitrogen and oxygen atoms in total. The zero-order chi connectivity index (χ0) is 13.5. The molecule has 18 heavy (non-hydrogen) atoms. The summed E-state index contributed by atoms with van der Waals surface area (Å²) in [6, 6.07) is 3.36. The van der Waals surface area contributed by atoms with Crippen LogP contribution in [0.1, 0.15) is 32.2 Å². The van der Waals surface area contributed by atoms with Gasteiger partial charge in [0.1, 0.15) is 5.15 Å². The third-order valence-electron chi connectivity index (χ3n) is 2.54. The monoisotopic (exact) mass is 267 g/mol. The highest BCUT2D eigenvalue weighted by atomic mass is 35.5. The minimum absolute atomic E-state index is 0.107. The van der Waals surface area contributed by atoms with E-state index in [-0.39, 0.29) is 11.8 Å². The molecule has 1 N–H and O–H groups in total. The molecule has 0 atom stereocenters. The maximum Gasteiger partial charge on any atom is 0.309 e. The Kier molecular flexibility index (Phi) is 3.02. The van der Waals surface area contributed by atoms with Gasteiger partial charge in [0.05, 0.1) is 17.8 Å². The van der Waals surface area contributed by atoms with E-state index < -0.39 is 5.97 Å². The van der Waals surface area contributed by atoms with E-state index in [1.165, 1.54) is 10.6 Å². The molecule has 0 amide bonds. The van der Waals surface area contributed by atoms with Gasteiger partial charge in [-0.05, 0) is 6.07 Å². The van der Waals surface area contributed by atoms with Crippen LogP contribution in [0.2, 0.25) is 5.15 Å². The van der Waals surface area contributed by atoms with Gasteiger partial charge >= 0.3 is 5.97 Å². The van der Waals surface area contributed by atoms with Crippen molar-refractivity contribution in [2.24, 2.45) is 0 Å². The maximum absolute atomic E-state index is 10.7. The number of nitrogens with zero attached hydrogens (tertiary/aromatic N) is 3. The average molecular weight is 268 g/mol. The SMILES string of the molecule is CC(C)(C)c1cc2nc(CC(=O)O)cc(Cl)n2n1. The highest BCUT2D eigenvalue weighted by Gasteiger charge is 2.19. The molecule has 6 heteroatoms. The van der Waals surface area contributed by atoms with E-state index in [4.69, 9.17) is 16.7 Å². The number of hydrogen-bond acceptors (Lipinski definition) is 3. The summed E-state index contributed by atoms with van der Waals surface area (Å²) in [6.45, 7) is 6.13. The lowest BCUT2D eigenvalue weighted by Gasteiger charge is -2.13. The Morgan fingerprint density at radius 1 is 1.44 bits per heavy atom. The molecule has 0 spiro atoms. The molecule has 0 bridgehead atoms. The molecule has 2 rings (SSSR count). The van der Waals surface area contributed by atoms with Crippen LogP contribution in [0.25, 0.3) is 5.65 Å². The number of aliphatic carboxylic acids is 1. The van der Waals surface area contributed by atoms with Crippen LogP contribution in [0.5, 0.6) is 0 Å². The first-order valence-electron chi connectivity index (χ1n) is 5.55. The lowest BCUT2D eigenvalue weighted by atomic mass is 9.93. The Morgan fingerprint density at radius 2 is 2.11 bits per heavy atom. The third kappa shape index (κ3) is 2.46. The first-order valence-corrected chi connectivity index (χ1v) is 5.92. The van der Waals surface area contributed by atoms with Gasteiger partial charge in [-0.3, -0.25) is 4.79 Å². The van der Waals surface area contributed by atoms with Gasteiger partial charge in [0.25, 0.3) is 0 Å². The third-order valence-corrected chi connectivity index (χ3v) is 2.81. The fraction of sp³-hybridized carbons (Fsp3) is 0.417. The zero-order valence-corrected chi connectivity index (χ0v) is 11.2. The van der Waals surface area contributed by atoms with Gasteiger partial charge in [-0.25, -0.2) is 9.50 Å². The number of aromatic nitrogens is 3. The molecule has 2 aromatic heterocycles. The van der Waals surface area contributed by atoms with Crippen LogP contribution in [-0.2, 0) is 16.6 Å². The summed E-state index contributed by atoms with van der Waals surface area (Å²) in [4.78, 5) is 14.9. The second kappa shape index (κ2) is 4.24. The molecule has 96 valence electrons. The zero-order valence-electron chi connectivity index (χ0n) is 10.4. The van der Waals surface area contributed by atoms with Crippen LogP contribution >= 0.6 is 11.6 Å². The number of fused-ring (bicyclic) bond motifs is 1. The Bertz CT molecular complexity index is 614. The van der Waals surface area contributed by atoms with Crippen molar-refractivity contribution in [3.63, 3.8) is 0 Å². The molecule has 0 aliphatic rings. The molecule has 0 saturated heterocycles. The first-order chi connectivity index (χ1) is 8.27. The van der Waals surface area contributed by atoms with Gasteiger partial charge in [-0.15, -0.1) is 0 Å². The molecule has 2 aromatic rings. The number of carboxylic acids is 1. The quantitative estimate of drug-likeness (QED) is 0.848. The second-order valence-electron chi connectivity index (χ2n) is 5.19. The van der Waals surface area contributed by atoms with Crippen molar-refractivity contribution < 1.29 is 9.90 Å². The van der Waals surface area contributed by atoms with Gasteiger partial charge in [0, 0.05) is 11.5 Å². The lowest BCUT2D eigenvalue weighted by Crippen LogP contribution is -2.11. The molecule has 0 aliphatic heterocycles. The predicted molar refractivity (Wildman–Crippen MR) is 68.0 cm³/mol. The second-order valence-corrected chi connectivity index (χ2v) is 5.58. The molecular formula is C12H14ClN3O2. The largest absolute Gasteiger partial charge is 0.481 e. The summed E-state index contributed by atoms with van der Waals surface area (Å²) in [6.07, 6.45) is -0.147. The highest BCUT2D eigenvalue weighted by molar-refractivity contribution is 6.29. The van der Waals surface area contributed by atoms with Crippen molar-refractivity contribution >= 4 is 23.2 Å². The Hall–Kier alpha value is -1.62. The van der Waals surface area contributed by atoms with Crippen molar-refractivity contribution in [2.75, 3.05) is 0 Å². The topological polar surface area (TPSA) is 67.5 Å². The fourth-order valence-corrected chi connectivity index (χ4v) is 1.85. The van der Waals surface area contributed by atoms with Crippen molar-refractivity contribution in [3.05, 3.63) is 28.7 Å². The first kappa shape index (κ1) is 12.8.